The molecule has 0 saturated carbocycles. The Morgan fingerprint density at radius 3 is 2.46 bits per heavy atom. The van der Waals surface area contributed by atoms with E-state index in [9.17, 15) is 5.11 Å². The summed E-state index contributed by atoms with van der Waals surface area (Å²) in [5.74, 6) is -0.799. The molecule has 2 heterocycles. The van der Waals surface area contributed by atoms with Crippen LogP contribution in [0.3, 0.4) is 0 Å². The summed E-state index contributed by atoms with van der Waals surface area (Å²) in [6.07, 6.45) is -2.90. The molecule has 24 heavy (non-hydrogen) atoms. The van der Waals surface area contributed by atoms with Crippen molar-refractivity contribution in [2.45, 2.75) is 89.2 Å². The Balaban J connectivity index is 2.06. The van der Waals surface area contributed by atoms with Gasteiger partial charge in [-0.25, -0.2) is 0 Å². The topological polar surface area (TPSA) is 106 Å². The quantitative estimate of drug-likeness (QED) is 0.351. The maximum atomic E-state index is 10.5. The Labute approximate surface area is 144 Å². The molecule has 9 heteroatoms. The molecule has 1 N–H and O–H groups in total. The van der Waals surface area contributed by atoms with Gasteiger partial charge in [-0.3, -0.25) is 0 Å². The second-order valence-electron chi connectivity index (χ2n) is 8.40. The highest BCUT2D eigenvalue weighted by Crippen LogP contribution is 2.40. The Hall–Kier alpha value is -0.673. The average molecular weight is 359 g/mol. The molecule has 2 rings (SSSR count). The van der Waals surface area contributed by atoms with Gasteiger partial charge in [-0.15, -0.1) is 0 Å². The third-order valence-electron chi connectivity index (χ3n) is 5.05. The van der Waals surface area contributed by atoms with Crippen LogP contribution in [0.5, 0.6) is 0 Å². The number of ether oxygens (including phenoxy) is 3. The van der Waals surface area contributed by atoms with E-state index in [0.717, 1.165) is 0 Å². The number of azide groups is 1. The van der Waals surface area contributed by atoms with Gasteiger partial charge < -0.3 is 23.7 Å². The van der Waals surface area contributed by atoms with E-state index >= 15 is 0 Å². The van der Waals surface area contributed by atoms with Crippen LogP contribution in [0.25, 0.3) is 10.4 Å². The minimum atomic E-state index is -2.00. The van der Waals surface area contributed by atoms with Crippen molar-refractivity contribution in [3.63, 3.8) is 0 Å². The van der Waals surface area contributed by atoms with Gasteiger partial charge in [0.1, 0.15) is 18.3 Å². The molecule has 5 atom stereocenters. The first-order valence-corrected chi connectivity index (χ1v) is 11.2. The van der Waals surface area contributed by atoms with Gasteiger partial charge in [-0.05, 0) is 37.5 Å². The second-order valence-corrected chi connectivity index (χ2v) is 13.2. The fraction of sp³-hybridized carbons (Fsp3) is 1.00. The number of hydrogen-bond acceptors (Lipinski definition) is 6. The first-order valence-electron chi connectivity index (χ1n) is 8.25. The van der Waals surface area contributed by atoms with E-state index in [2.05, 4.69) is 43.9 Å². The zero-order valence-electron chi connectivity index (χ0n) is 15.5. The largest absolute Gasteiger partial charge is 0.416 e. The molecule has 0 amide bonds. The molecule has 0 unspecified atom stereocenters. The van der Waals surface area contributed by atoms with Gasteiger partial charge in [0.25, 0.3) is 0 Å². The predicted octanol–water partition coefficient (Wildman–Crippen LogP) is 2.92. The molecule has 138 valence electrons. The summed E-state index contributed by atoms with van der Waals surface area (Å²) in [6.45, 7) is 14.4. The lowest BCUT2D eigenvalue weighted by molar-refractivity contribution is -0.217. The molecule has 0 aromatic rings. The number of rotatable bonds is 5. The maximum Gasteiger partial charge on any atom is 0.191 e. The van der Waals surface area contributed by atoms with E-state index in [1.807, 2.05) is 0 Å². The van der Waals surface area contributed by atoms with Crippen LogP contribution >= 0.6 is 0 Å². The summed E-state index contributed by atoms with van der Waals surface area (Å²) in [4.78, 5) is 2.89. The van der Waals surface area contributed by atoms with E-state index in [4.69, 9.17) is 24.2 Å². The van der Waals surface area contributed by atoms with Crippen molar-refractivity contribution in [3.8, 4) is 0 Å². The van der Waals surface area contributed by atoms with Crippen LogP contribution in [0.4, 0.5) is 0 Å². The molecule has 0 bridgehead atoms. The van der Waals surface area contributed by atoms with Gasteiger partial charge in [0.2, 0.25) is 0 Å². The van der Waals surface area contributed by atoms with Crippen molar-refractivity contribution in [1.82, 2.24) is 0 Å². The van der Waals surface area contributed by atoms with Crippen molar-refractivity contribution in [1.29, 1.82) is 0 Å². The minimum absolute atomic E-state index is 0.0375. The smallest absolute Gasteiger partial charge is 0.191 e. The molecule has 2 aliphatic heterocycles. The Morgan fingerprint density at radius 2 is 1.96 bits per heavy atom. The van der Waals surface area contributed by atoms with Crippen LogP contribution in [0.2, 0.25) is 18.1 Å². The zero-order valence-corrected chi connectivity index (χ0v) is 16.5. The van der Waals surface area contributed by atoms with Gasteiger partial charge in [0.15, 0.2) is 20.4 Å². The third-order valence-corrected chi connectivity index (χ3v) is 9.55. The Kier molecular flexibility index (Phi) is 5.38. The lowest BCUT2D eigenvalue weighted by atomic mass is 10.1. The normalized spacial score (nSPS) is 33.8. The molecule has 8 nitrogen and oxygen atoms in total. The first kappa shape index (κ1) is 19.6. The Bertz CT molecular complexity index is 516. The SMILES string of the molecule is CC1(C)O[C@@H]2O[C@@H]([C@H](CO[Si](C)(C)C(C)(C)C)N=[N+]=[N-])[C@H](O)[C@@H]2O1. The van der Waals surface area contributed by atoms with Crippen molar-refractivity contribution in [2.24, 2.45) is 5.11 Å². The van der Waals surface area contributed by atoms with E-state index in [1.165, 1.54) is 0 Å². The van der Waals surface area contributed by atoms with Crippen molar-refractivity contribution >= 4 is 8.32 Å². The standard InChI is InChI=1S/C15H29N3O5Si/c1-14(2,3)24(6,7)20-8-9(17-18-16)11-10(19)12-13(21-11)23-15(4,5)22-12/h9-13,19H,8H2,1-7H3/t9-,10-,11-,12-,13-/m0/s1. The maximum absolute atomic E-state index is 10.5. The number of aliphatic hydroxyl groups is 1. The van der Waals surface area contributed by atoms with Crippen LogP contribution in [-0.2, 0) is 18.6 Å². The first-order chi connectivity index (χ1) is 10.9. The summed E-state index contributed by atoms with van der Waals surface area (Å²) < 4.78 is 23.2. The minimum Gasteiger partial charge on any atom is -0.416 e. The molecule has 2 aliphatic rings. The van der Waals surface area contributed by atoms with E-state index < -0.39 is 44.7 Å². The summed E-state index contributed by atoms with van der Waals surface area (Å²) in [5.41, 5.74) is 8.87. The van der Waals surface area contributed by atoms with Gasteiger partial charge in [-0.1, -0.05) is 25.9 Å². The molecule has 2 saturated heterocycles. The van der Waals surface area contributed by atoms with E-state index in [0.29, 0.717) is 0 Å². The Morgan fingerprint density at radius 1 is 1.33 bits per heavy atom. The fourth-order valence-corrected chi connectivity index (χ4v) is 3.63. The van der Waals surface area contributed by atoms with Crippen LogP contribution in [0.1, 0.15) is 34.6 Å². The lowest BCUT2D eigenvalue weighted by Crippen LogP contribution is -2.46. The molecule has 2 fully saturated rings. The number of aliphatic hydroxyl groups excluding tert-OH is 1. The molecular formula is C15H29N3O5Si. The summed E-state index contributed by atoms with van der Waals surface area (Å²) in [7, 11) is -2.00. The highest BCUT2D eigenvalue weighted by molar-refractivity contribution is 6.74. The molecule has 0 aliphatic carbocycles. The average Bonchev–Trinajstić information content (AvgIpc) is 2.87. The van der Waals surface area contributed by atoms with Crippen LogP contribution < -0.4 is 0 Å². The molecule has 0 aromatic heterocycles. The summed E-state index contributed by atoms with van der Waals surface area (Å²) >= 11 is 0. The third kappa shape index (κ3) is 3.93. The predicted molar refractivity (Wildman–Crippen MR) is 90.8 cm³/mol. The number of nitrogens with zero attached hydrogens (tertiary/aromatic N) is 3. The molecule has 0 spiro atoms. The second kappa shape index (κ2) is 6.57. The van der Waals surface area contributed by atoms with Crippen molar-refractivity contribution < 1.29 is 23.7 Å². The van der Waals surface area contributed by atoms with Crippen molar-refractivity contribution in [2.75, 3.05) is 6.61 Å². The summed E-state index contributed by atoms with van der Waals surface area (Å²) in [6, 6.07) is -0.639. The highest BCUT2D eigenvalue weighted by Gasteiger charge is 2.56. The molecule has 0 radical (unpaired) electrons. The van der Waals surface area contributed by atoms with Crippen molar-refractivity contribution in [3.05, 3.63) is 10.4 Å². The van der Waals surface area contributed by atoms with Gasteiger partial charge in [0, 0.05) is 11.5 Å². The fourth-order valence-electron chi connectivity index (χ4n) is 2.60. The molecule has 0 aromatic carbocycles. The van der Waals surface area contributed by atoms with E-state index in [1.54, 1.807) is 13.8 Å². The van der Waals surface area contributed by atoms with Gasteiger partial charge in [0.05, 0.1) is 6.04 Å². The van der Waals surface area contributed by atoms with Crippen LogP contribution in [0, 0.1) is 0 Å². The van der Waals surface area contributed by atoms with Gasteiger partial charge >= 0.3 is 0 Å². The highest BCUT2D eigenvalue weighted by atomic mass is 28.4. The number of hydrogen-bond donors (Lipinski definition) is 1. The van der Waals surface area contributed by atoms with Gasteiger partial charge in [-0.2, -0.15) is 0 Å². The lowest BCUT2D eigenvalue weighted by Gasteiger charge is -2.37. The number of fused-ring (bicyclic) bond motifs is 1. The van der Waals surface area contributed by atoms with E-state index in [-0.39, 0.29) is 11.6 Å². The molecular weight excluding hydrogens is 330 g/mol. The zero-order chi connectivity index (χ0) is 18.3. The summed E-state index contributed by atoms with van der Waals surface area (Å²) in [5, 5.41) is 14.3. The monoisotopic (exact) mass is 359 g/mol. The van der Waals surface area contributed by atoms with Crippen LogP contribution in [-0.4, -0.2) is 56.5 Å². The van der Waals surface area contributed by atoms with Crippen LogP contribution in [0.15, 0.2) is 5.11 Å².